The summed E-state index contributed by atoms with van der Waals surface area (Å²) < 4.78 is 43.3. The lowest BCUT2D eigenvalue weighted by Crippen LogP contribution is -2.38. The molecule has 11 heteroatoms. The highest BCUT2D eigenvalue weighted by molar-refractivity contribution is 7.89. The third-order valence-electron chi connectivity index (χ3n) is 8.13. The molecule has 0 spiro atoms. The van der Waals surface area contributed by atoms with Gasteiger partial charge in [-0.15, -0.1) is 0 Å². The zero-order valence-corrected chi connectivity index (χ0v) is 24.2. The molecular weight excluding hydrogens is 532 g/mol. The molecule has 2 aliphatic heterocycles. The Kier molecular flexibility index (Phi) is 8.37. The quantitative estimate of drug-likeness (QED) is 0.404. The van der Waals surface area contributed by atoms with Crippen LogP contribution in [-0.4, -0.2) is 87.9 Å². The predicted molar refractivity (Wildman–Crippen MR) is 154 cm³/mol. The summed E-state index contributed by atoms with van der Waals surface area (Å²) in [6, 6.07) is 7.92. The summed E-state index contributed by atoms with van der Waals surface area (Å²) in [6.07, 6.45) is 3.36. The molecule has 0 saturated carbocycles. The van der Waals surface area contributed by atoms with Crippen molar-refractivity contribution in [1.82, 2.24) is 14.2 Å². The largest absolute Gasteiger partial charge is 0.493 e. The summed E-state index contributed by atoms with van der Waals surface area (Å²) >= 11 is 0. The third kappa shape index (κ3) is 5.56. The van der Waals surface area contributed by atoms with E-state index in [4.69, 9.17) is 19.9 Å². The lowest BCUT2D eigenvalue weighted by atomic mass is 9.88. The highest BCUT2D eigenvalue weighted by atomic mass is 32.2. The Morgan fingerprint density at radius 1 is 1.05 bits per heavy atom. The second-order valence-corrected chi connectivity index (χ2v) is 12.6. The van der Waals surface area contributed by atoms with E-state index in [0.717, 1.165) is 40.7 Å². The standard InChI is InChI=1S/C29H38N4O6S/c1-4-40(35,36)33-7-5-19(6-8-33)25-17-31-27-23(25)14-21(15-24(27)29(30)34)20-13-22(18-32-9-11-39-12-10-32)28(38-3)26(16-20)37-2/h13-17,19,31H,4-12,18H2,1-3H3,(H2,30,34). The van der Waals surface area contributed by atoms with E-state index in [2.05, 4.69) is 22.0 Å². The fourth-order valence-corrected chi connectivity index (χ4v) is 7.04. The lowest BCUT2D eigenvalue weighted by Gasteiger charge is -2.31. The molecule has 10 nitrogen and oxygen atoms in total. The monoisotopic (exact) mass is 570 g/mol. The normalized spacial score (nSPS) is 17.8. The Morgan fingerprint density at radius 3 is 2.38 bits per heavy atom. The van der Waals surface area contributed by atoms with Crippen molar-refractivity contribution in [2.24, 2.45) is 5.73 Å². The van der Waals surface area contributed by atoms with Crippen molar-refractivity contribution < 1.29 is 27.4 Å². The van der Waals surface area contributed by atoms with Crippen molar-refractivity contribution >= 4 is 26.8 Å². The minimum Gasteiger partial charge on any atom is -0.493 e. The number of nitrogens with zero attached hydrogens (tertiary/aromatic N) is 2. The van der Waals surface area contributed by atoms with Gasteiger partial charge < -0.3 is 24.9 Å². The number of methoxy groups -OCH3 is 2. The number of aromatic nitrogens is 1. The number of nitrogens with two attached hydrogens (primary N) is 1. The molecule has 0 unspecified atom stereocenters. The number of hydrogen-bond donors (Lipinski definition) is 2. The average molecular weight is 571 g/mol. The lowest BCUT2D eigenvalue weighted by molar-refractivity contribution is 0.0338. The summed E-state index contributed by atoms with van der Waals surface area (Å²) in [5.41, 5.74) is 10.8. The number of amides is 1. The Bertz CT molecular complexity index is 1490. The van der Waals surface area contributed by atoms with Crippen LogP contribution in [0.5, 0.6) is 11.5 Å². The molecule has 3 heterocycles. The number of primary amides is 1. The summed E-state index contributed by atoms with van der Waals surface area (Å²) in [5.74, 6) is 1.05. The number of morpholine rings is 1. The highest BCUT2D eigenvalue weighted by Gasteiger charge is 2.29. The van der Waals surface area contributed by atoms with E-state index in [1.165, 1.54) is 0 Å². The van der Waals surface area contributed by atoms with Crippen molar-refractivity contribution in [3.8, 4) is 22.6 Å². The van der Waals surface area contributed by atoms with Crippen LogP contribution in [0.1, 0.15) is 47.2 Å². The maximum Gasteiger partial charge on any atom is 0.250 e. The minimum atomic E-state index is -3.21. The summed E-state index contributed by atoms with van der Waals surface area (Å²) in [6.45, 7) is 6.36. The molecule has 1 amide bonds. The van der Waals surface area contributed by atoms with Gasteiger partial charge in [0, 0.05) is 49.9 Å². The van der Waals surface area contributed by atoms with Crippen LogP contribution in [0.15, 0.2) is 30.5 Å². The first-order chi connectivity index (χ1) is 19.2. The number of H-pyrrole nitrogens is 1. The van der Waals surface area contributed by atoms with E-state index < -0.39 is 15.9 Å². The second kappa shape index (κ2) is 11.8. The van der Waals surface area contributed by atoms with Gasteiger partial charge in [-0.25, -0.2) is 12.7 Å². The maximum absolute atomic E-state index is 12.6. The number of ether oxygens (including phenoxy) is 3. The number of carbonyl (C=O) groups is 1. The Hall–Kier alpha value is -3.12. The molecule has 0 radical (unpaired) electrons. The number of rotatable bonds is 9. The Balaban J connectivity index is 1.55. The van der Waals surface area contributed by atoms with Crippen molar-refractivity contribution in [1.29, 1.82) is 0 Å². The molecule has 0 bridgehead atoms. The van der Waals surface area contributed by atoms with Gasteiger partial charge in [-0.05, 0) is 66.6 Å². The van der Waals surface area contributed by atoms with Gasteiger partial charge in [0.05, 0.1) is 44.3 Å². The molecule has 0 aliphatic carbocycles. The molecular formula is C29H38N4O6S. The first-order valence-electron chi connectivity index (χ1n) is 13.7. The molecule has 2 fully saturated rings. The van der Waals surface area contributed by atoms with E-state index in [-0.39, 0.29) is 11.7 Å². The maximum atomic E-state index is 12.6. The van der Waals surface area contributed by atoms with Crippen LogP contribution in [0.25, 0.3) is 22.0 Å². The predicted octanol–water partition coefficient (Wildman–Crippen LogP) is 3.31. The van der Waals surface area contributed by atoms with E-state index in [1.807, 2.05) is 18.3 Å². The van der Waals surface area contributed by atoms with E-state index in [9.17, 15) is 13.2 Å². The van der Waals surface area contributed by atoms with Crippen LogP contribution in [0.4, 0.5) is 0 Å². The van der Waals surface area contributed by atoms with Crippen molar-refractivity contribution in [2.45, 2.75) is 32.2 Å². The first kappa shape index (κ1) is 28.4. The van der Waals surface area contributed by atoms with Crippen LogP contribution in [0, 0.1) is 0 Å². The number of fused-ring (bicyclic) bond motifs is 1. The summed E-state index contributed by atoms with van der Waals surface area (Å²) in [7, 11) is 0.0460. The van der Waals surface area contributed by atoms with Crippen LogP contribution in [-0.2, 0) is 21.3 Å². The average Bonchev–Trinajstić information content (AvgIpc) is 3.40. The van der Waals surface area contributed by atoms with Gasteiger partial charge in [0.25, 0.3) is 5.91 Å². The molecule has 1 aromatic heterocycles. The third-order valence-corrected chi connectivity index (χ3v) is 10.0. The fraction of sp³-hybridized carbons (Fsp3) is 0.483. The van der Waals surface area contributed by atoms with E-state index in [1.54, 1.807) is 25.4 Å². The van der Waals surface area contributed by atoms with Gasteiger partial charge in [-0.3, -0.25) is 9.69 Å². The number of aromatic amines is 1. The molecule has 216 valence electrons. The Morgan fingerprint density at radius 2 is 1.75 bits per heavy atom. The molecule has 2 saturated heterocycles. The molecule has 3 aromatic rings. The topological polar surface area (TPSA) is 127 Å². The van der Waals surface area contributed by atoms with E-state index in [0.29, 0.717) is 68.3 Å². The summed E-state index contributed by atoms with van der Waals surface area (Å²) in [5, 5.41) is 0.924. The van der Waals surface area contributed by atoms with Crippen molar-refractivity contribution in [3.63, 3.8) is 0 Å². The van der Waals surface area contributed by atoms with Gasteiger partial charge in [0.1, 0.15) is 0 Å². The zero-order valence-electron chi connectivity index (χ0n) is 23.4. The number of carbonyl (C=O) groups excluding carboxylic acids is 1. The van der Waals surface area contributed by atoms with Crippen molar-refractivity contribution in [3.05, 3.63) is 47.2 Å². The van der Waals surface area contributed by atoms with Gasteiger partial charge in [-0.2, -0.15) is 0 Å². The zero-order chi connectivity index (χ0) is 28.4. The van der Waals surface area contributed by atoms with Gasteiger partial charge in [0.15, 0.2) is 11.5 Å². The molecule has 40 heavy (non-hydrogen) atoms. The SMILES string of the molecule is CCS(=O)(=O)N1CCC(c2c[nH]c3c(C(N)=O)cc(-c4cc(CN5CCOCC5)c(OC)c(OC)c4)cc23)CC1. The number of hydrogen-bond acceptors (Lipinski definition) is 7. The summed E-state index contributed by atoms with van der Waals surface area (Å²) in [4.78, 5) is 18.2. The Labute approximate surface area is 235 Å². The minimum absolute atomic E-state index is 0.106. The van der Waals surface area contributed by atoms with Crippen LogP contribution in [0.3, 0.4) is 0 Å². The number of piperidine rings is 1. The van der Waals surface area contributed by atoms with E-state index >= 15 is 0 Å². The molecule has 0 atom stereocenters. The number of nitrogens with one attached hydrogen (secondary N) is 1. The number of benzene rings is 2. The molecule has 2 aromatic carbocycles. The highest BCUT2D eigenvalue weighted by Crippen LogP contribution is 2.40. The fourth-order valence-electron chi connectivity index (χ4n) is 5.91. The number of sulfonamides is 1. The van der Waals surface area contributed by atoms with Crippen molar-refractivity contribution in [2.75, 3.05) is 59.4 Å². The van der Waals surface area contributed by atoms with Crippen LogP contribution in [0.2, 0.25) is 0 Å². The van der Waals surface area contributed by atoms with Gasteiger partial charge >= 0.3 is 0 Å². The van der Waals surface area contributed by atoms with Crippen LogP contribution >= 0.6 is 0 Å². The van der Waals surface area contributed by atoms with Gasteiger partial charge in [-0.1, -0.05) is 0 Å². The molecule has 3 N–H and O–H groups in total. The van der Waals surface area contributed by atoms with Gasteiger partial charge in [0.2, 0.25) is 10.0 Å². The smallest absolute Gasteiger partial charge is 0.250 e. The molecule has 2 aliphatic rings. The van der Waals surface area contributed by atoms with Crippen LogP contribution < -0.4 is 15.2 Å². The first-order valence-corrected chi connectivity index (χ1v) is 15.3. The molecule has 5 rings (SSSR count). The second-order valence-electron chi connectivity index (χ2n) is 10.4.